The summed E-state index contributed by atoms with van der Waals surface area (Å²) in [4.78, 5) is 24.1. The second kappa shape index (κ2) is 6.73. The fourth-order valence-electron chi connectivity index (χ4n) is 4.19. The highest BCUT2D eigenvalue weighted by atomic mass is 16.5. The first-order valence-corrected chi connectivity index (χ1v) is 9.31. The fraction of sp³-hybridized carbons (Fsp3) is 0.381. The second-order valence-corrected chi connectivity index (χ2v) is 7.97. The van der Waals surface area contributed by atoms with Gasteiger partial charge in [0.25, 0.3) is 0 Å². The van der Waals surface area contributed by atoms with Gasteiger partial charge in [-0.1, -0.05) is 26.0 Å². The first kappa shape index (κ1) is 19.2. The lowest BCUT2D eigenvalue weighted by molar-refractivity contribution is 0.0530. The maximum Gasteiger partial charge on any atom is 0.341 e. The highest BCUT2D eigenvalue weighted by Gasteiger charge is 2.38. The zero-order valence-electron chi connectivity index (χ0n) is 16.8. The molecule has 4 rings (SSSR count). The Balaban J connectivity index is 2.05. The van der Waals surface area contributed by atoms with E-state index in [1.807, 2.05) is 27.4 Å². The van der Waals surface area contributed by atoms with Crippen molar-refractivity contribution in [1.29, 1.82) is 0 Å². The molecule has 8 heteroatoms. The van der Waals surface area contributed by atoms with Crippen molar-refractivity contribution >= 4 is 16.9 Å². The number of nitrogens with zero attached hydrogens (tertiary/aromatic N) is 3. The van der Waals surface area contributed by atoms with Crippen LogP contribution in [0.15, 0.2) is 35.3 Å². The molecule has 0 aliphatic carbocycles. The number of fused-ring (bicyclic) bond motifs is 5. The lowest BCUT2D eigenvalue weighted by Gasteiger charge is -2.40. The van der Waals surface area contributed by atoms with Gasteiger partial charge in [-0.3, -0.25) is 9.48 Å². The Morgan fingerprint density at radius 2 is 2.10 bits per heavy atom. The summed E-state index contributed by atoms with van der Waals surface area (Å²) < 4.78 is 14.6. The third kappa shape index (κ3) is 2.91. The minimum atomic E-state index is -1.24. The summed E-state index contributed by atoms with van der Waals surface area (Å²) in [5.74, 6) is -0.590. The Morgan fingerprint density at radius 1 is 1.34 bits per heavy atom. The number of carboxylic acids is 1. The smallest absolute Gasteiger partial charge is 0.341 e. The molecule has 0 saturated carbocycles. The molecule has 1 N–H and O–H groups in total. The summed E-state index contributed by atoms with van der Waals surface area (Å²) in [5.41, 5.74) is 0.999. The zero-order valence-corrected chi connectivity index (χ0v) is 16.8. The van der Waals surface area contributed by atoms with Crippen molar-refractivity contribution in [3.63, 3.8) is 0 Å². The number of pyridine rings is 1. The first-order valence-electron chi connectivity index (χ1n) is 9.31. The second-order valence-electron chi connectivity index (χ2n) is 7.97. The van der Waals surface area contributed by atoms with Crippen LogP contribution < -0.4 is 10.2 Å². The predicted octanol–water partition coefficient (Wildman–Crippen LogP) is 2.80. The van der Waals surface area contributed by atoms with Gasteiger partial charge in [-0.15, -0.1) is 0 Å². The van der Waals surface area contributed by atoms with Crippen LogP contribution in [0.2, 0.25) is 0 Å². The molecule has 0 saturated heterocycles. The standard InChI is InChI=1S/C21H23N3O5/c1-21(2,11-28-3)17-10-24-19(12-6-5-7-16(29-4)18(12)22-24)14-8-15(25)13(20(26)27)9-23(14)17/h5-9,17H,10-11H2,1-4H3,(H,26,27). The molecule has 0 amide bonds. The molecule has 3 heterocycles. The van der Waals surface area contributed by atoms with Crippen LogP contribution in [0.1, 0.15) is 30.2 Å². The average Bonchev–Trinajstić information content (AvgIpc) is 3.05. The Labute approximate surface area is 167 Å². The van der Waals surface area contributed by atoms with Crippen LogP contribution in [-0.2, 0) is 11.3 Å². The monoisotopic (exact) mass is 397 g/mol. The predicted molar refractivity (Wildman–Crippen MR) is 108 cm³/mol. The van der Waals surface area contributed by atoms with Gasteiger partial charge in [0.1, 0.15) is 16.8 Å². The van der Waals surface area contributed by atoms with E-state index in [9.17, 15) is 14.7 Å². The molecule has 152 valence electrons. The number of hydrogen-bond acceptors (Lipinski definition) is 5. The van der Waals surface area contributed by atoms with Crippen molar-refractivity contribution in [2.24, 2.45) is 5.41 Å². The number of rotatable bonds is 5. The molecule has 3 aromatic rings. The van der Waals surface area contributed by atoms with E-state index in [0.29, 0.717) is 30.1 Å². The molecule has 1 aromatic carbocycles. The van der Waals surface area contributed by atoms with Gasteiger partial charge in [0, 0.05) is 30.2 Å². The van der Waals surface area contributed by atoms with E-state index in [2.05, 4.69) is 13.8 Å². The van der Waals surface area contributed by atoms with Crippen LogP contribution >= 0.6 is 0 Å². The van der Waals surface area contributed by atoms with Crippen molar-refractivity contribution in [2.75, 3.05) is 20.8 Å². The van der Waals surface area contributed by atoms with Gasteiger partial charge in [0.05, 0.1) is 37.7 Å². The molecule has 1 aliphatic rings. The van der Waals surface area contributed by atoms with E-state index in [1.165, 1.54) is 12.3 Å². The Kier molecular flexibility index (Phi) is 4.46. The van der Waals surface area contributed by atoms with Crippen molar-refractivity contribution in [3.8, 4) is 17.1 Å². The molecule has 2 aromatic heterocycles. The normalized spacial score (nSPS) is 15.8. The van der Waals surface area contributed by atoms with Crippen molar-refractivity contribution in [3.05, 3.63) is 46.2 Å². The van der Waals surface area contributed by atoms with Crippen LogP contribution in [0.5, 0.6) is 5.75 Å². The van der Waals surface area contributed by atoms with E-state index in [-0.39, 0.29) is 17.0 Å². The minimum Gasteiger partial charge on any atom is -0.494 e. The van der Waals surface area contributed by atoms with Crippen molar-refractivity contribution < 1.29 is 19.4 Å². The number of ether oxygens (including phenoxy) is 2. The molecule has 29 heavy (non-hydrogen) atoms. The molecular formula is C21H23N3O5. The van der Waals surface area contributed by atoms with E-state index < -0.39 is 11.4 Å². The molecule has 1 unspecified atom stereocenters. The van der Waals surface area contributed by atoms with Gasteiger partial charge >= 0.3 is 5.97 Å². The lowest BCUT2D eigenvalue weighted by atomic mass is 9.83. The average molecular weight is 397 g/mol. The van der Waals surface area contributed by atoms with Crippen LogP contribution in [0.3, 0.4) is 0 Å². The van der Waals surface area contributed by atoms with Gasteiger partial charge in [-0.05, 0) is 6.07 Å². The van der Waals surface area contributed by atoms with Crippen molar-refractivity contribution in [1.82, 2.24) is 14.3 Å². The summed E-state index contributed by atoms with van der Waals surface area (Å²) in [6, 6.07) is 6.87. The van der Waals surface area contributed by atoms with Crippen molar-refractivity contribution in [2.45, 2.75) is 26.4 Å². The fourth-order valence-corrected chi connectivity index (χ4v) is 4.19. The molecular weight excluding hydrogens is 374 g/mol. The molecule has 8 nitrogen and oxygen atoms in total. The van der Waals surface area contributed by atoms with Gasteiger partial charge in [-0.2, -0.15) is 5.10 Å². The van der Waals surface area contributed by atoms with E-state index in [4.69, 9.17) is 14.6 Å². The lowest BCUT2D eigenvalue weighted by Crippen LogP contribution is -2.39. The zero-order chi connectivity index (χ0) is 20.9. The highest BCUT2D eigenvalue weighted by molar-refractivity contribution is 5.96. The highest BCUT2D eigenvalue weighted by Crippen LogP contribution is 2.43. The van der Waals surface area contributed by atoms with Crippen LogP contribution in [0.4, 0.5) is 0 Å². The van der Waals surface area contributed by atoms with Gasteiger partial charge < -0.3 is 19.1 Å². The summed E-state index contributed by atoms with van der Waals surface area (Å²) >= 11 is 0. The van der Waals surface area contributed by atoms with E-state index >= 15 is 0 Å². The number of carbonyl (C=O) groups is 1. The van der Waals surface area contributed by atoms with Gasteiger partial charge in [0.15, 0.2) is 5.43 Å². The molecule has 0 fully saturated rings. The van der Waals surface area contributed by atoms with Crippen LogP contribution in [0, 0.1) is 5.41 Å². The van der Waals surface area contributed by atoms with E-state index in [1.54, 1.807) is 14.2 Å². The largest absolute Gasteiger partial charge is 0.494 e. The van der Waals surface area contributed by atoms with Crippen LogP contribution in [-0.4, -0.2) is 46.2 Å². The summed E-state index contributed by atoms with van der Waals surface area (Å²) in [5, 5.41) is 15.1. The Morgan fingerprint density at radius 3 is 2.76 bits per heavy atom. The van der Waals surface area contributed by atoms with Gasteiger partial charge in [0.2, 0.25) is 0 Å². The molecule has 0 spiro atoms. The van der Waals surface area contributed by atoms with E-state index in [0.717, 1.165) is 11.1 Å². The third-order valence-electron chi connectivity index (χ3n) is 5.61. The number of benzene rings is 1. The molecule has 1 aliphatic heterocycles. The number of aromatic nitrogens is 3. The number of methoxy groups -OCH3 is 2. The summed E-state index contributed by atoms with van der Waals surface area (Å²) in [7, 11) is 3.23. The Bertz CT molecular complexity index is 1180. The molecule has 0 radical (unpaired) electrons. The first-order chi connectivity index (χ1) is 13.8. The quantitative estimate of drug-likeness (QED) is 0.711. The molecule has 0 bridgehead atoms. The number of carboxylic acid groups (broad SMARTS) is 1. The Hall–Kier alpha value is -3.13. The summed E-state index contributed by atoms with van der Waals surface area (Å²) in [6.07, 6.45) is 1.45. The van der Waals surface area contributed by atoms with Crippen LogP contribution in [0.25, 0.3) is 22.3 Å². The maximum atomic E-state index is 12.5. The third-order valence-corrected chi connectivity index (χ3v) is 5.61. The SMILES string of the molecule is COCC(C)(C)C1Cn2nc3c(OC)cccc3c2-c2cc(=O)c(C(=O)O)cn21. The number of hydrogen-bond donors (Lipinski definition) is 1. The molecule has 1 atom stereocenters. The summed E-state index contributed by atoms with van der Waals surface area (Å²) in [6.45, 7) is 5.08. The maximum absolute atomic E-state index is 12.5. The minimum absolute atomic E-state index is 0.163. The van der Waals surface area contributed by atoms with Gasteiger partial charge in [-0.25, -0.2) is 4.79 Å². The topological polar surface area (TPSA) is 95.6 Å². The number of aromatic carboxylic acids is 1.